The highest BCUT2D eigenvalue weighted by Crippen LogP contribution is 2.21. The Labute approximate surface area is 97.9 Å². The van der Waals surface area contributed by atoms with Crippen LogP contribution >= 0.6 is 23.2 Å². The van der Waals surface area contributed by atoms with Crippen molar-refractivity contribution in [2.24, 2.45) is 4.99 Å². The zero-order chi connectivity index (χ0) is 11.3. The summed E-state index contributed by atoms with van der Waals surface area (Å²) >= 11 is 11.5. The molecule has 0 fully saturated rings. The van der Waals surface area contributed by atoms with E-state index in [-0.39, 0.29) is 6.04 Å². The Kier molecular flexibility index (Phi) is 4.39. The SMILES string of the molecule is CC(C#Cc1ccc(Cl)c(Cl)c1)N=C=O. The Morgan fingerprint density at radius 2 is 2.07 bits per heavy atom. The molecule has 1 atom stereocenters. The van der Waals surface area contributed by atoms with Crippen LogP contribution in [0.25, 0.3) is 0 Å². The number of isocyanates is 1. The molecule has 76 valence electrons. The first-order valence-corrected chi connectivity index (χ1v) is 4.92. The number of hydrogen-bond acceptors (Lipinski definition) is 2. The minimum absolute atomic E-state index is 0.364. The first-order chi connectivity index (χ1) is 7.13. The Morgan fingerprint density at radius 3 is 2.67 bits per heavy atom. The van der Waals surface area contributed by atoms with Crippen LogP contribution in [0.4, 0.5) is 0 Å². The monoisotopic (exact) mass is 239 g/mol. The highest BCUT2D eigenvalue weighted by molar-refractivity contribution is 6.42. The topological polar surface area (TPSA) is 29.4 Å². The van der Waals surface area contributed by atoms with Crippen LogP contribution in [0.15, 0.2) is 23.2 Å². The molecule has 2 nitrogen and oxygen atoms in total. The fourth-order valence-electron chi connectivity index (χ4n) is 0.873. The van der Waals surface area contributed by atoms with Gasteiger partial charge in [0.05, 0.1) is 10.0 Å². The molecule has 0 radical (unpaired) electrons. The summed E-state index contributed by atoms with van der Waals surface area (Å²) in [5.41, 5.74) is 0.734. The standard InChI is InChI=1S/C11H7Cl2NO/c1-8(14-7-15)2-3-9-4-5-10(12)11(13)6-9/h4-6,8H,1H3. The van der Waals surface area contributed by atoms with Gasteiger partial charge in [0.1, 0.15) is 6.04 Å². The van der Waals surface area contributed by atoms with Crippen LogP contribution in [0.3, 0.4) is 0 Å². The van der Waals surface area contributed by atoms with E-state index in [1.807, 2.05) is 0 Å². The summed E-state index contributed by atoms with van der Waals surface area (Å²) in [6.45, 7) is 1.70. The molecule has 0 N–H and O–H groups in total. The molecule has 1 aromatic carbocycles. The molecule has 0 aliphatic rings. The minimum atomic E-state index is -0.364. The highest BCUT2D eigenvalue weighted by atomic mass is 35.5. The predicted octanol–water partition coefficient (Wildman–Crippen LogP) is 3.07. The van der Waals surface area contributed by atoms with Crippen LogP contribution in [0.5, 0.6) is 0 Å². The van der Waals surface area contributed by atoms with Crippen LogP contribution in [0, 0.1) is 11.8 Å². The molecule has 0 heterocycles. The number of aliphatic imine (C=N–C) groups is 1. The number of halogens is 2. The maximum absolute atomic E-state index is 9.93. The normalized spacial score (nSPS) is 10.9. The van der Waals surface area contributed by atoms with E-state index in [1.54, 1.807) is 25.1 Å². The third kappa shape index (κ3) is 3.77. The summed E-state index contributed by atoms with van der Waals surface area (Å²) in [4.78, 5) is 13.4. The molecule has 0 amide bonds. The summed E-state index contributed by atoms with van der Waals surface area (Å²) in [6.07, 6.45) is 1.45. The van der Waals surface area contributed by atoms with E-state index < -0.39 is 0 Å². The first-order valence-electron chi connectivity index (χ1n) is 4.17. The Morgan fingerprint density at radius 1 is 1.33 bits per heavy atom. The fraction of sp³-hybridized carbons (Fsp3) is 0.182. The molecular formula is C11H7Cl2NO. The lowest BCUT2D eigenvalue weighted by molar-refractivity contribution is 0.562. The molecule has 0 saturated carbocycles. The van der Waals surface area contributed by atoms with Crippen molar-refractivity contribution >= 4 is 29.3 Å². The third-order valence-electron chi connectivity index (χ3n) is 1.59. The summed E-state index contributed by atoms with van der Waals surface area (Å²) in [6, 6.07) is 4.71. The number of benzene rings is 1. The van der Waals surface area contributed by atoms with Crippen molar-refractivity contribution in [2.75, 3.05) is 0 Å². The van der Waals surface area contributed by atoms with E-state index in [0.717, 1.165) is 5.56 Å². The molecule has 0 aromatic heterocycles. The molecule has 1 unspecified atom stereocenters. The lowest BCUT2D eigenvalue weighted by Crippen LogP contribution is -1.90. The molecule has 1 rings (SSSR count). The maximum Gasteiger partial charge on any atom is 0.236 e. The van der Waals surface area contributed by atoms with Crippen molar-refractivity contribution in [3.8, 4) is 11.8 Å². The third-order valence-corrected chi connectivity index (χ3v) is 2.33. The van der Waals surface area contributed by atoms with Crippen LogP contribution in [-0.4, -0.2) is 12.1 Å². The molecule has 1 aromatic rings. The Hall–Kier alpha value is -1.26. The van der Waals surface area contributed by atoms with E-state index in [4.69, 9.17) is 23.2 Å². The van der Waals surface area contributed by atoms with E-state index in [9.17, 15) is 4.79 Å². The highest BCUT2D eigenvalue weighted by Gasteiger charge is 1.97. The fourth-order valence-corrected chi connectivity index (χ4v) is 1.17. The number of nitrogens with zero attached hydrogens (tertiary/aromatic N) is 1. The summed E-state index contributed by atoms with van der Waals surface area (Å²) in [5, 5.41) is 0.941. The number of rotatable bonds is 1. The van der Waals surface area contributed by atoms with Crippen molar-refractivity contribution < 1.29 is 4.79 Å². The number of carbonyl (C=O) groups excluding carboxylic acids is 1. The van der Waals surface area contributed by atoms with Gasteiger partial charge in [0.2, 0.25) is 6.08 Å². The molecule has 0 aliphatic heterocycles. The van der Waals surface area contributed by atoms with Crippen LogP contribution < -0.4 is 0 Å². The van der Waals surface area contributed by atoms with Gasteiger partial charge in [-0.3, -0.25) is 0 Å². The molecule has 0 saturated heterocycles. The lowest BCUT2D eigenvalue weighted by Gasteiger charge is -1.95. The largest absolute Gasteiger partial charge is 0.236 e. The number of hydrogen-bond donors (Lipinski definition) is 0. The molecule has 0 spiro atoms. The predicted molar refractivity (Wildman–Crippen MR) is 60.9 cm³/mol. The average Bonchev–Trinajstić information content (AvgIpc) is 2.20. The van der Waals surface area contributed by atoms with E-state index in [2.05, 4.69) is 16.8 Å². The van der Waals surface area contributed by atoms with Gasteiger partial charge in [-0.1, -0.05) is 35.0 Å². The van der Waals surface area contributed by atoms with Crippen LogP contribution in [0.2, 0.25) is 10.0 Å². The van der Waals surface area contributed by atoms with Gasteiger partial charge < -0.3 is 0 Å². The van der Waals surface area contributed by atoms with Crippen LogP contribution in [-0.2, 0) is 4.79 Å². The summed E-state index contributed by atoms with van der Waals surface area (Å²) in [7, 11) is 0. The first kappa shape index (κ1) is 11.8. The van der Waals surface area contributed by atoms with Gasteiger partial charge in [0.15, 0.2) is 0 Å². The van der Waals surface area contributed by atoms with Crippen molar-refractivity contribution in [3.05, 3.63) is 33.8 Å². The van der Waals surface area contributed by atoms with Gasteiger partial charge in [-0.25, -0.2) is 4.79 Å². The quantitative estimate of drug-likeness (QED) is 0.421. The molecule has 0 aliphatic carbocycles. The van der Waals surface area contributed by atoms with Crippen molar-refractivity contribution in [3.63, 3.8) is 0 Å². The Balaban J connectivity index is 2.89. The van der Waals surface area contributed by atoms with Crippen molar-refractivity contribution in [2.45, 2.75) is 13.0 Å². The van der Waals surface area contributed by atoms with Gasteiger partial charge in [0, 0.05) is 5.56 Å². The van der Waals surface area contributed by atoms with Crippen molar-refractivity contribution in [1.29, 1.82) is 0 Å². The molecule has 0 bridgehead atoms. The van der Waals surface area contributed by atoms with Gasteiger partial charge in [0.25, 0.3) is 0 Å². The smallest absolute Gasteiger partial charge is 0.211 e. The van der Waals surface area contributed by atoms with Crippen molar-refractivity contribution in [1.82, 2.24) is 0 Å². The minimum Gasteiger partial charge on any atom is -0.211 e. The average molecular weight is 240 g/mol. The van der Waals surface area contributed by atoms with E-state index >= 15 is 0 Å². The summed E-state index contributed by atoms with van der Waals surface area (Å²) < 4.78 is 0. The van der Waals surface area contributed by atoms with Gasteiger partial charge in [-0.15, -0.1) is 0 Å². The lowest BCUT2D eigenvalue weighted by atomic mass is 10.2. The van der Waals surface area contributed by atoms with Crippen LogP contribution in [0.1, 0.15) is 12.5 Å². The second-order valence-electron chi connectivity index (χ2n) is 2.79. The van der Waals surface area contributed by atoms with Gasteiger partial charge >= 0.3 is 0 Å². The second kappa shape index (κ2) is 5.58. The van der Waals surface area contributed by atoms with Gasteiger partial charge in [-0.2, -0.15) is 4.99 Å². The van der Waals surface area contributed by atoms with Gasteiger partial charge in [-0.05, 0) is 25.1 Å². The molecular weight excluding hydrogens is 233 g/mol. The maximum atomic E-state index is 9.93. The zero-order valence-corrected chi connectivity index (χ0v) is 9.43. The van der Waals surface area contributed by atoms with E-state index in [1.165, 1.54) is 6.08 Å². The molecule has 15 heavy (non-hydrogen) atoms. The molecule has 4 heteroatoms. The second-order valence-corrected chi connectivity index (χ2v) is 3.61. The Bertz CT molecular complexity index is 467. The van der Waals surface area contributed by atoms with E-state index in [0.29, 0.717) is 10.0 Å². The summed E-state index contributed by atoms with van der Waals surface area (Å²) in [5.74, 6) is 5.60. The zero-order valence-electron chi connectivity index (χ0n) is 7.92.